The summed E-state index contributed by atoms with van der Waals surface area (Å²) >= 11 is 0. The van der Waals surface area contributed by atoms with E-state index in [1.54, 1.807) is 14.1 Å². The number of amides is 1. The summed E-state index contributed by atoms with van der Waals surface area (Å²) in [5, 5.41) is 2.77. The van der Waals surface area contributed by atoms with E-state index in [0.717, 1.165) is 6.42 Å². The average Bonchev–Trinajstić information content (AvgIpc) is 2.32. The molecule has 3 N–H and O–H groups in total. The molecule has 0 aliphatic carbocycles. The summed E-state index contributed by atoms with van der Waals surface area (Å²) < 4.78 is 5.25. The summed E-state index contributed by atoms with van der Waals surface area (Å²) in [5.41, 5.74) is 5.52. The molecule has 100 valence electrons. The van der Waals surface area contributed by atoms with Crippen LogP contribution in [0.5, 0.6) is 6.01 Å². The molecule has 18 heavy (non-hydrogen) atoms. The molecule has 8 heteroatoms. The molecule has 1 amide bonds. The summed E-state index contributed by atoms with van der Waals surface area (Å²) in [6.07, 6.45) is 0.841. The summed E-state index contributed by atoms with van der Waals surface area (Å²) in [4.78, 5) is 24.5. The van der Waals surface area contributed by atoms with E-state index in [9.17, 15) is 4.79 Å². The lowest BCUT2D eigenvalue weighted by molar-refractivity contribution is -0.126. The van der Waals surface area contributed by atoms with Crippen molar-refractivity contribution in [2.75, 3.05) is 38.3 Å². The largest absolute Gasteiger partial charge is 0.463 e. The molecule has 0 bridgehead atoms. The van der Waals surface area contributed by atoms with Crippen molar-refractivity contribution in [3.8, 4) is 6.01 Å². The predicted octanol–water partition coefficient (Wildman–Crippen LogP) is -0.257. The molecule has 0 saturated carbocycles. The zero-order chi connectivity index (χ0) is 13.5. The Labute approximate surface area is 106 Å². The quantitative estimate of drug-likeness (QED) is 0.720. The number of nitrogens with zero attached hydrogens (tertiary/aromatic N) is 4. The number of rotatable bonds is 6. The molecule has 0 saturated heterocycles. The van der Waals surface area contributed by atoms with Gasteiger partial charge >= 0.3 is 6.01 Å². The fourth-order valence-corrected chi connectivity index (χ4v) is 1.02. The molecular weight excluding hydrogens is 236 g/mol. The van der Waals surface area contributed by atoms with Crippen LogP contribution in [0.25, 0.3) is 0 Å². The zero-order valence-corrected chi connectivity index (χ0v) is 10.8. The first kappa shape index (κ1) is 13.9. The minimum absolute atomic E-state index is 0.0518. The molecular formula is C10H18N6O2. The first-order chi connectivity index (χ1) is 8.52. The maximum absolute atomic E-state index is 11.4. The van der Waals surface area contributed by atoms with Gasteiger partial charge in [0, 0.05) is 14.1 Å². The topological polar surface area (TPSA) is 106 Å². The van der Waals surface area contributed by atoms with Gasteiger partial charge in [-0.2, -0.15) is 15.0 Å². The molecule has 1 heterocycles. The number of carbonyl (C=O) groups is 1. The van der Waals surface area contributed by atoms with Gasteiger partial charge in [0.1, 0.15) is 0 Å². The number of nitrogens with two attached hydrogens (primary N) is 1. The Morgan fingerprint density at radius 1 is 1.39 bits per heavy atom. The Bertz CT molecular complexity index is 409. The molecule has 0 unspecified atom stereocenters. The predicted molar refractivity (Wildman–Crippen MR) is 67.2 cm³/mol. The van der Waals surface area contributed by atoms with Crippen LogP contribution in [0.3, 0.4) is 0 Å². The van der Waals surface area contributed by atoms with Gasteiger partial charge in [0.05, 0.1) is 13.2 Å². The number of nitrogens with one attached hydrogen (secondary N) is 1. The van der Waals surface area contributed by atoms with Crippen LogP contribution < -0.4 is 15.8 Å². The lowest BCUT2D eigenvalue weighted by Gasteiger charge is -2.11. The summed E-state index contributed by atoms with van der Waals surface area (Å²) in [5.74, 6) is 0.185. The highest BCUT2D eigenvalue weighted by Crippen LogP contribution is 2.08. The monoisotopic (exact) mass is 254 g/mol. The van der Waals surface area contributed by atoms with Crippen LogP contribution >= 0.6 is 0 Å². The van der Waals surface area contributed by atoms with Crippen LogP contribution in [0.4, 0.5) is 11.9 Å². The maximum atomic E-state index is 11.4. The summed E-state index contributed by atoms with van der Waals surface area (Å²) in [6, 6.07) is 0.157. The van der Waals surface area contributed by atoms with E-state index in [2.05, 4.69) is 20.3 Å². The second-order valence-electron chi connectivity index (χ2n) is 3.79. The Morgan fingerprint density at radius 3 is 2.72 bits per heavy atom. The van der Waals surface area contributed by atoms with Gasteiger partial charge in [-0.25, -0.2) is 0 Å². The van der Waals surface area contributed by atoms with E-state index < -0.39 is 0 Å². The second kappa shape index (κ2) is 6.58. The van der Waals surface area contributed by atoms with Crippen molar-refractivity contribution in [3.05, 3.63) is 0 Å². The highest BCUT2D eigenvalue weighted by atomic mass is 16.5. The normalized spacial score (nSPS) is 9.94. The van der Waals surface area contributed by atoms with Gasteiger partial charge in [-0.3, -0.25) is 4.79 Å². The minimum Gasteiger partial charge on any atom is -0.463 e. The van der Waals surface area contributed by atoms with Crippen molar-refractivity contribution in [3.63, 3.8) is 0 Å². The fourth-order valence-electron chi connectivity index (χ4n) is 1.02. The van der Waals surface area contributed by atoms with Crippen LogP contribution in [0, 0.1) is 0 Å². The second-order valence-corrected chi connectivity index (χ2v) is 3.79. The van der Waals surface area contributed by atoms with Gasteiger partial charge in [0.2, 0.25) is 17.8 Å². The van der Waals surface area contributed by atoms with Crippen LogP contribution in [0.1, 0.15) is 13.3 Å². The summed E-state index contributed by atoms with van der Waals surface area (Å²) in [6.45, 7) is 2.56. The van der Waals surface area contributed by atoms with Gasteiger partial charge < -0.3 is 20.7 Å². The molecule has 0 spiro atoms. The summed E-state index contributed by atoms with van der Waals surface area (Å²) in [7, 11) is 3.34. The number of nitrogen functional groups attached to an aromatic ring is 1. The van der Waals surface area contributed by atoms with Crippen molar-refractivity contribution in [2.24, 2.45) is 0 Å². The molecule has 0 aromatic carbocycles. The van der Waals surface area contributed by atoms with Gasteiger partial charge in [-0.1, -0.05) is 6.92 Å². The molecule has 1 aromatic rings. The first-order valence-electron chi connectivity index (χ1n) is 5.61. The maximum Gasteiger partial charge on any atom is 0.323 e. The van der Waals surface area contributed by atoms with Gasteiger partial charge in [-0.15, -0.1) is 0 Å². The molecule has 0 atom stereocenters. The third-order valence-electron chi connectivity index (χ3n) is 1.96. The van der Waals surface area contributed by atoms with Crippen LogP contribution in [-0.2, 0) is 4.79 Å². The van der Waals surface area contributed by atoms with Crippen LogP contribution in [0.2, 0.25) is 0 Å². The first-order valence-corrected chi connectivity index (χ1v) is 5.61. The highest BCUT2D eigenvalue weighted by Gasteiger charge is 2.08. The van der Waals surface area contributed by atoms with E-state index >= 15 is 0 Å². The molecule has 1 rings (SSSR count). The minimum atomic E-state index is -0.0926. The van der Waals surface area contributed by atoms with E-state index in [-0.39, 0.29) is 30.4 Å². The number of likely N-dealkylation sites (N-methyl/N-ethyl adjacent to an activating group) is 1. The van der Waals surface area contributed by atoms with Crippen molar-refractivity contribution in [1.29, 1.82) is 0 Å². The lowest BCUT2D eigenvalue weighted by Crippen LogP contribution is -2.29. The fraction of sp³-hybridized carbons (Fsp3) is 0.600. The van der Waals surface area contributed by atoms with E-state index in [0.29, 0.717) is 6.61 Å². The molecule has 1 aromatic heterocycles. The SMILES string of the molecule is CCCOc1nc(N)nc(NCC(=O)N(C)C)n1. The molecule has 0 radical (unpaired) electrons. The zero-order valence-electron chi connectivity index (χ0n) is 10.8. The van der Waals surface area contributed by atoms with Crippen LogP contribution in [-0.4, -0.2) is 53.0 Å². The average molecular weight is 254 g/mol. The van der Waals surface area contributed by atoms with Gasteiger partial charge in [0.15, 0.2) is 0 Å². The van der Waals surface area contributed by atoms with Crippen molar-refractivity contribution >= 4 is 17.8 Å². The lowest BCUT2D eigenvalue weighted by atomic mass is 10.5. The number of anilines is 2. The molecule has 8 nitrogen and oxygen atoms in total. The number of hydrogen-bond donors (Lipinski definition) is 2. The molecule has 0 aliphatic heterocycles. The van der Waals surface area contributed by atoms with Crippen molar-refractivity contribution < 1.29 is 9.53 Å². The number of ether oxygens (including phenoxy) is 1. The third kappa shape index (κ3) is 4.40. The Hall–Kier alpha value is -2.12. The van der Waals surface area contributed by atoms with Crippen molar-refractivity contribution in [1.82, 2.24) is 19.9 Å². The Kier molecular flexibility index (Phi) is 5.09. The number of carbonyl (C=O) groups excluding carboxylic acids is 1. The van der Waals surface area contributed by atoms with Crippen molar-refractivity contribution in [2.45, 2.75) is 13.3 Å². The molecule has 0 fully saturated rings. The Balaban J connectivity index is 2.65. The number of aromatic nitrogens is 3. The number of hydrogen-bond acceptors (Lipinski definition) is 7. The highest BCUT2D eigenvalue weighted by molar-refractivity contribution is 5.79. The smallest absolute Gasteiger partial charge is 0.323 e. The van der Waals surface area contributed by atoms with E-state index in [4.69, 9.17) is 10.5 Å². The third-order valence-corrected chi connectivity index (χ3v) is 1.96. The standard InChI is InChI=1S/C10H18N6O2/c1-4-5-18-10-14-8(11)13-9(15-10)12-6-7(17)16(2)3/h4-6H2,1-3H3,(H3,11,12,13,14,15). The van der Waals surface area contributed by atoms with E-state index in [1.807, 2.05) is 6.92 Å². The molecule has 0 aliphatic rings. The van der Waals surface area contributed by atoms with Crippen LogP contribution in [0.15, 0.2) is 0 Å². The van der Waals surface area contributed by atoms with Gasteiger partial charge in [0.25, 0.3) is 0 Å². The van der Waals surface area contributed by atoms with Gasteiger partial charge in [-0.05, 0) is 6.42 Å². The Morgan fingerprint density at radius 2 is 2.11 bits per heavy atom. The van der Waals surface area contributed by atoms with E-state index in [1.165, 1.54) is 4.90 Å².